The van der Waals surface area contributed by atoms with Crippen molar-refractivity contribution < 1.29 is 0 Å². The highest BCUT2D eigenvalue weighted by Crippen LogP contribution is 2.38. The van der Waals surface area contributed by atoms with Crippen LogP contribution in [0.3, 0.4) is 0 Å². The molecule has 0 aromatic rings. The number of hydrogen-bond acceptors (Lipinski definition) is 3. The molecule has 1 aliphatic carbocycles. The highest BCUT2D eigenvalue weighted by molar-refractivity contribution is 7.99. The first-order valence-corrected chi connectivity index (χ1v) is 9.87. The van der Waals surface area contributed by atoms with Gasteiger partial charge in [0.2, 0.25) is 0 Å². The van der Waals surface area contributed by atoms with E-state index in [1.54, 1.807) is 0 Å². The summed E-state index contributed by atoms with van der Waals surface area (Å²) in [5, 5.41) is 0.911. The van der Waals surface area contributed by atoms with Crippen molar-refractivity contribution in [2.45, 2.75) is 76.3 Å². The van der Waals surface area contributed by atoms with Crippen LogP contribution in [-0.2, 0) is 0 Å². The SMILES string of the molecule is CCSC1CCCC1N1CC2CCCN2CC1C(C)C. The molecule has 3 rings (SSSR count). The summed E-state index contributed by atoms with van der Waals surface area (Å²) < 4.78 is 0. The smallest absolute Gasteiger partial charge is 0.0250 e. The highest BCUT2D eigenvalue weighted by atomic mass is 32.2. The summed E-state index contributed by atoms with van der Waals surface area (Å²) in [5.74, 6) is 2.08. The molecule has 0 radical (unpaired) electrons. The van der Waals surface area contributed by atoms with Crippen LogP contribution in [0.1, 0.15) is 52.9 Å². The van der Waals surface area contributed by atoms with E-state index in [0.717, 1.165) is 29.3 Å². The second-order valence-corrected chi connectivity index (χ2v) is 8.81. The average molecular weight is 297 g/mol. The van der Waals surface area contributed by atoms with Crippen LogP contribution in [0.25, 0.3) is 0 Å². The van der Waals surface area contributed by atoms with E-state index < -0.39 is 0 Å². The molecule has 2 aliphatic heterocycles. The van der Waals surface area contributed by atoms with Crippen molar-refractivity contribution in [2.24, 2.45) is 5.92 Å². The maximum Gasteiger partial charge on any atom is 0.0250 e. The standard InChI is InChI=1S/C17H32N2S/c1-4-20-17-9-5-8-15(17)19-11-14-7-6-10-18(14)12-16(19)13(2)3/h13-17H,4-12H2,1-3H3. The number of hydrogen-bond donors (Lipinski definition) is 0. The van der Waals surface area contributed by atoms with Crippen molar-refractivity contribution in [3.8, 4) is 0 Å². The quantitative estimate of drug-likeness (QED) is 0.784. The summed E-state index contributed by atoms with van der Waals surface area (Å²) in [5.41, 5.74) is 0. The normalized spacial score (nSPS) is 39.6. The molecule has 3 fully saturated rings. The predicted molar refractivity (Wildman–Crippen MR) is 89.5 cm³/mol. The van der Waals surface area contributed by atoms with Crippen LogP contribution in [0.5, 0.6) is 0 Å². The molecule has 0 spiro atoms. The Kier molecular flexibility index (Phi) is 4.99. The van der Waals surface area contributed by atoms with Crippen molar-refractivity contribution in [1.82, 2.24) is 9.80 Å². The Bertz CT molecular complexity index is 320. The molecule has 0 amide bonds. The summed E-state index contributed by atoms with van der Waals surface area (Å²) in [7, 11) is 0. The summed E-state index contributed by atoms with van der Waals surface area (Å²) >= 11 is 2.22. The molecule has 0 aromatic carbocycles. The topological polar surface area (TPSA) is 6.48 Å². The predicted octanol–water partition coefficient (Wildman–Crippen LogP) is 3.47. The van der Waals surface area contributed by atoms with Crippen LogP contribution in [-0.4, -0.2) is 58.6 Å². The molecule has 0 bridgehead atoms. The number of fused-ring (bicyclic) bond motifs is 1. The molecule has 4 unspecified atom stereocenters. The molecular formula is C17H32N2S. The minimum absolute atomic E-state index is 0.796. The number of piperazine rings is 1. The van der Waals surface area contributed by atoms with E-state index >= 15 is 0 Å². The molecule has 1 saturated carbocycles. The van der Waals surface area contributed by atoms with Crippen LogP contribution in [0.4, 0.5) is 0 Å². The van der Waals surface area contributed by atoms with Crippen LogP contribution in [0.15, 0.2) is 0 Å². The third kappa shape index (κ3) is 2.91. The number of rotatable bonds is 4. The van der Waals surface area contributed by atoms with Gasteiger partial charge in [-0.1, -0.05) is 27.2 Å². The fourth-order valence-electron chi connectivity index (χ4n) is 4.74. The van der Waals surface area contributed by atoms with E-state index in [0.29, 0.717) is 0 Å². The molecule has 3 aliphatic rings. The summed E-state index contributed by atoms with van der Waals surface area (Å²) in [6, 6.07) is 2.54. The van der Waals surface area contributed by atoms with Gasteiger partial charge in [-0.25, -0.2) is 0 Å². The Balaban J connectivity index is 1.74. The first kappa shape index (κ1) is 15.2. The lowest BCUT2D eigenvalue weighted by molar-refractivity contribution is 0.00313. The van der Waals surface area contributed by atoms with Gasteiger partial charge in [0, 0.05) is 36.5 Å². The second kappa shape index (κ2) is 6.58. The van der Waals surface area contributed by atoms with E-state index in [-0.39, 0.29) is 0 Å². The summed E-state index contributed by atoms with van der Waals surface area (Å²) in [6.07, 6.45) is 7.24. The van der Waals surface area contributed by atoms with Crippen LogP contribution in [0, 0.1) is 5.92 Å². The lowest BCUT2D eigenvalue weighted by atomic mass is 9.95. The Morgan fingerprint density at radius 1 is 1.10 bits per heavy atom. The molecule has 0 aromatic heterocycles. The van der Waals surface area contributed by atoms with Gasteiger partial charge in [0.15, 0.2) is 0 Å². The first-order valence-electron chi connectivity index (χ1n) is 8.82. The molecular weight excluding hydrogens is 264 g/mol. The maximum atomic E-state index is 2.96. The van der Waals surface area contributed by atoms with Gasteiger partial charge in [-0.15, -0.1) is 0 Å². The number of nitrogens with zero attached hydrogens (tertiary/aromatic N) is 2. The van der Waals surface area contributed by atoms with Gasteiger partial charge in [0.25, 0.3) is 0 Å². The fourth-order valence-corrected chi connectivity index (χ4v) is 6.01. The van der Waals surface area contributed by atoms with Crippen molar-refractivity contribution in [2.75, 3.05) is 25.4 Å². The van der Waals surface area contributed by atoms with E-state index in [2.05, 4.69) is 42.3 Å². The fraction of sp³-hybridized carbons (Fsp3) is 1.00. The summed E-state index contributed by atoms with van der Waals surface area (Å²) in [4.78, 5) is 5.75. The third-order valence-corrected chi connectivity index (χ3v) is 7.07. The van der Waals surface area contributed by atoms with Gasteiger partial charge in [-0.05, 0) is 43.9 Å². The molecule has 0 N–H and O–H groups in total. The van der Waals surface area contributed by atoms with Gasteiger partial charge in [-0.3, -0.25) is 9.80 Å². The molecule has 116 valence electrons. The summed E-state index contributed by atoms with van der Waals surface area (Å²) in [6.45, 7) is 11.3. The van der Waals surface area contributed by atoms with Crippen molar-refractivity contribution in [1.29, 1.82) is 0 Å². The third-order valence-electron chi connectivity index (χ3n) is 5.76. The minimum Gasteiger partial charge on any atom is -0.298 e. The number of thioether (sulfide) groups is 1. The van der Waals surface area contributed by atoms with Crippen molar-refractivity contribution in [3.05, 3.63) is 0 Å². The maximum absolute atomic E-state index is 2.96. The molecule has 2 saturated heterocycles. The van der Waals surface area contributed by atoms with Crippen LogP contribution >= 0.6 is 11.8 Å². The van der Waals surface area contributed by atoms with Crippen molar-refractivity contribution in [3.63, 3.8) is 0 Å². The Hall–Kier alpha value is 0.270. The zero-order valence-corrected chi connectivity index (χ0v) is 14.4. The minimum atomic E-state index is 0.796. The Labute approximate surface area is 129 Å². The van der Waals surface area contributed by atoms with Gasteiger partial charge >= 0.3 is 0 Å². The second-order valence-electron chi connectivity index (χ2n) is 7.29. The van der Waals surface area contributed by atoms with Crippen molar-refractivity contribution >= 4 is 11.8 Å². The highest BCUT2D eigenvalue weighted by Gasteiger charge is 2.43. The molecule has 20 heavy (non-hydrogen) atoms. The largest absolute Gasteiger partial charge is 0.298 e. The monoisotopic (exact) mass is 296 g/mol. The van der Waals surface area contributed by atoms with Gasteiger partial charge in [0.05, 0.1) is 0 Å². The molecule has 4 atom stereocenters. The van der Waals surface area contributed by atoms with E-state index in [4.69, 9.17) is 0 Å². The molecule has 2 nitrogen and oxygen atoms in total. The lowest BCUT2D eigenvalue weighted by Gasteiger charge is -2.49. The van der Waals surface area contributed by atoms with E-state index in [1.165, 1.54) is 57.5 Å². The van der Waals surface area contributed by atoms with Gasteiger partial charge in [0.1, 0.15) is 0 Å². The van der Waals surface area contributed by atoms with Crippen LogP contribution in [0.2, 0.25) is 0 Å². The average Bonchev–Trinajstić information content (AvgIpc) is 3.05. The Morgan fingerprint density at radius 3 is 2.70 bits per heavy atom. The zero-order chi connectivity index (χ0) is 14.1. The van der Waals surface area contributed by atoms with E-state index in [9.17, 15) is 0 Å². The molecule has 3 heteroatoms. The zero-order valence-electron chi connectivity index (χ0n) is 13.6. The molecule has 2 heterocycles. The van der Waals surface area contributed by atoms with Crippen LogP contribution < -0.4 is 0 Å². The van der Waals surface area contributed by atoms with Gasteiger partial charge in [-0.2, -0.15) is 11.8 Å². The Morgan fingerprint density at radius 2 is 1.95 bits per heavy atom. The first-order chi connectivity index (χ1) is 9.70. The van der Waals surface area contributed by atoms with Gasteiger partial charge < -0.3 is 0 Å². The lowest BCUT2D eigenvalue weighted by Crippen LogP contribution is -2.61. The van der Waals surface area contributed by atoms with E-state index in [1.807, 2.05) is 0 Å².